The fourth-order valence-electron chi connectivity index (χ4n) is 3.37. The van der Waals surface area contributed by atoms with Gasteiger partial charge in [-0.2, -0.15) is 9.61 Å². The van der Waals surface area contributed by atoms with Crippen molar-refractivity contribution in [2.45, 2.75) is 6.54 Å². The molecule has 2 aromatic heterocycles. The number of imidazole rings is 1. The third-order valence-electron chi connectivity index (χ3n) is 4.72. The molecule has 27 heavy (non-hydrogen) atoms. The van der Waals surface area contributed by atoms with Crippen LogP contribution >= 0.6 is 0 Å². The predicted octanol–water partition coefficient (Wildman–Crippen LogP) is 5.16. The molecule has 130 valence electrons. The zero-order valence-corrected chi connectivity index (χ0v) is 14.7. The number of nitrogens with one attached hydrogen (secondary N) is 1. The van der Waals surface area contributed by atoms with Crippen molar-refractivity contribution in [1.82, 2.24) is 14.6 Å². The highest BCUT2D eigenvalue weighted by Gasteiger charge is 2.15. The molecule has 0 saturated heterocycles. The fraction of sp³-hybridized carbons (Fsp3) is 0.0435. The minimum atomic E-state index is 0.714. The van der Waals surface area contributed by atoms with Gasteiger partial charge in [0.1, 0.15) is 5.69 Å². The summed E-state index contributed by atoms with van der Waals surface area (Å²) in [7, 11) is 0. The van der Waals surface area contributed by atoms with Gasteiger partial charge in [0, 0.05) is 18.3 Å². The molecule has 2 heterocycles. The Labute approximate surface area is 157 Å². The SMILES string of the molecule is c1ccc(CNc2c(-c3ccc4ccccc4c3)nc3cccnn23)cc1. The summed E-state index contributed by atoms with van der Waals surface area (Å²) < 4.78 is 1.87. The molecule has 0 aliphatic heterocycles. The number of benzene rings is 3. The summed E-state index contributed by atoms with van der Waals surface area (Å²) in [5.41, 5.74) is 4.04. The second-order valence-electron chi connectivity index (χ2n) is 6.50. The molecule has 4 nitrogen and oxygen atoms in total. The number of fused-ring (bicyclic) bond motifs is 2. The Bertz CT molecular complexity index is 1230. The van der Waals surface area contributed by atoms with E-state index in [1.165, 1.54) is 16.3 Å². The number of hydrogen-bond donors (Lipinski definition) is 1. The highest BCUT2D eigenvalue weighted by Crippen LogP contribution is 2.30. The quantitative estimate of drug-likeness (QED) is 0.487. The molecule has 0 spiro atoms. The summed E-state index contributed by atoms with van der Waals surface area (Å²) in [5.74, 6) is 0.907. The monoisotopic (exact) mass is 350 g/mol. The molecule has 5 rings (SSSR count). The predicted molar refractivity (Wildman–Crippen MR) is 110 cm³/mol. The van der Waals surface area contributed by atoms with Crippen LogP contribution in [0.25, 0.3) is 27.7 Å². The van der Waals surface area contributed by atoms with E-state index in [0.29, 0.717) is 6.54 Å². The Hall–Kier alpha value is -3.66. The summed E-state index contributed by atoms with van der Waals surface area (Å²) in [5, 5.41) is 10.5. The van der Waals surface area contributed by atoms with Gasteiger partial charge in [0.05, 0.1) is 0 Å². The average molecular weight is 350 g/mol. The maximum atomic E-state index is 4.84. The summed E-state index contributed by atoms with van der Waals surface area (Å²) in [6.45, 7) is 0.714. The summed E-state index contributed by atoms with van der Waals surface area (Å²) in [6, 6.07) is 29.1. The topological polar surface area (TPSA) is 42.2 Å². The van der Waals surface area contributed by atoms with E-state index >= 15 is 0 Å². The second kappa shape index (κ2) is 6.57. The van der Waals surface area contributed by atoms with Gasteiger partial charge >= 0.3 is 0 Å². The van der Waals surface area contributed by atoms with E-state index in [1.807, 2.05) is 34.8 Å². The molecule has 1 N–H and O–H groups in total. The molecular formula is C23H18N4. The highest BCUT2D eigenvalue weighted by molar-refractivity contribution is 5.89. The van der Waals surface area contributed by atoms with Crippen molar-refractivity contribution >= 4 is 22.2 Å². The van der Waals surface area contributed by atoms with E-state index in [4.69, 9.17) is 4.98 Å². The summed E-state index contributed by atoms with van der Waals surface area (Å²) >= 11 is 0. The molecule has 5 aromatic rings. The molecule has 0 amide bonds. The summed E-state index contributed by atoms with van der Waals surface area (Å²) in [6.07, 6.45) is 1.78. The van der Waals surface area contributed by atoms with Crippen molar-refractivity contribution in [2.75, 3.05) is 5.32 Å². The smallest absolute Gasteiger partial charge is 0.156 e. The molecule has 0 aliphatic carbocycles. The van der Waals surface area contributed by atoms with Gasteiger partial charge in [-0.05, 0) is 34.5 Å². The molecule has 0 bridgehead atoms. The van der Waals surface area contributed by atoms with E-state index in [-0.39, 0.29) is 0 Å². The Kier molecular flexibility index (Phi) is 3.79. The highest BCUT2D eigenvalue weighted by atomic mass is 15.3. The largest absolute Gasteiger partial charge is 0.364 e. The second-order valence-corrected chi connectivity index (χ2v) is 6.50. The summed E-state index contributed by atoms with van der Waals surface area (Å²) in [4.78, 5) is 4.84. The standard InChI is InChI=1S/C23H18N4/c1-2-7-17(8-3-1)16-24-23-22(26-21-11-6-14-25-27(21)23)20-13-12-18-9-4-5-10-19(18)15-20/h1-15,24H,16H2. The van der Waals surface area contributed by atoms with Crippen molar-refractivity contribution in [3.63, 3.8) is 0 Å². The average Bonchev–Trinajstić information content (AvgIpc) is 3.11. The van der Waals surface area contributed by atoms with Gasteiger partial charge in [0.2, 0.25) is 0 Å². The van der Waals surface area contributed by atoms with Crippen molar-refractivity contribution in [3.8, 4) is 11.3 Å². The molecule has 0 saturated carbocycles. The molecule has 0 aliphatic rings. The maximum absolute atomic E-state index is 4.84. The van der Waals surface area contributed by atoms with Crippen LogP contribution in [-0.4, -0.2) is 14.6 Å². The number of aromatic nitrogens is 3. The van der Waals surface area contributed by atoms with E-state index in [9.17, 15) is 0 Å². The number of anilines is 1. The molecule has 0 radical (unpaired) electrons. The Balaban J connectivity index is 1.62. The van der Waals surface area contributed by atoms with E-state index < -0.39 is 0 Å². The lowest BCUT2D eigenvalue weighted by Crippen LogP contribution is -2.04. The van der Waals surface area contributed by atoms with Crippen molar-refractivity contribution in [2.24, 2.45) is 0 Å². The normalized spacial score (nSPS) is 11.1. The number of rotatable bonds is 4. The van der Waals surface area contributed by atoms with Crippen LogP contribution in [0.15, 0.2) is 91.1 Å². The van der Waals surface area contributed by atoms with Crippen molar-refractivity contribution < 1.29 is 0 Å². The van der Waals surface area contributed by atoms with Crippen LogP contribution < -0.4 is 5.32 Å². The first-order valence-electron chi connectivity index (χ1n) is 8.99. The Morgan fingerprint density at radius 2 is 1.59 bits per heavy atom. The fourth-order valence-corrected chi connectivity index (χ4v) is 3.37. The third kappa shape index (κ3) is 2.91. The molecule has 3 aromatic carbocycles. The van der Waals surface area contributed by atoms with E-state index in [1.54, 1.807) is 6.20 Å². The van der Waals surface area contributed by atoms with Crippen molar-refractivity contribution in [3.05, 3.63) is 96.7 Å². The molecular weight excluding hydrogens is 332 g/mol. The van der Waals surface area contributed by atoms with E-state index in [2.05, 4.69) is 65.0 Å². The lowest BCUT2D eigenvalue weighted by molar-refractivity contribution is 0.925. The van der Waals surface area contributed by atoms with Crippen LogP contribution in [-0.2, 0) is 6.54 Å². The van der Waals surface area contributed by atoms with Crippen LogP contribution in [0.3, 0.4) is 0 Å². The molecule has 0 atom stereocenters. The van der Waals surface area contributed by atoms with Crippen molar-refractivity contribution in [1.29, 1.82) is 0 Å². The van der Waals surface area contributed by atoms with Crippen LogP contribution in [0.2, 0.25) is 0 Å². The molecule has 4 heteroatoms. The molecule has 0 unspecified atom stereocenters. The first kappa shape index (κ1) is 15.6. The van der Waals surface area contributed by atoms with Gasteiger partial charge in [-0.25, -0.2) is 4.98 Å². The Morgan fingerprint density at radius 1 is 0.778 bits per heavy atom. The zero-order valence-electron chi connectivity index (χ0n) is 14.7. The van der Waals surface area contributed by atoms with Crippen LogP contribution in [0.5, 0.6) is 0 Å². The number of hydrogen-bond acceptors (Lipinski definition) is 3. The van der Waals surface area contributed by atoms with E-state index in [0.717, 1.165) is 22.7 Å². The van der Waals surface area contributed by atoms with Gasteiger partial charge < -0.3 is 5.32 Å². The molecule has 0 fully saturated rings. The zero-order chi connectivity index (χ0) is 18.1. The minimum absolute atomic E-state index is 0.714. The van der Waals surface area contributed by atoms with Gasteiger partial charge in [-0.3, -0.25) is 0 Å². The third-order valence-corrected chi connectivity index (χ3v) is 4.72. The van der Waals surface area contributed by atoms with Gasteiger partial charge in [-0.1, -0.05) is 66.7 Å². The van der Waals surface area contributed by atoms with Crippen LogP contribution in [0.1, 0.15) is 5.56 Å². The lowest BCUT2D eigenvalue weighted by atomic mass is 10.1. The first-order valence-corrected chi connectivity index (χ1v) is 8.99. The van der Waals surface area contributed by atoms with Gasteiger partial charge in [0.25, 0.3) is 0 Å². The maximum Gasteiger partial charge on any atom is 0.156 e. The lowest BCUT2D eigenvalue weighted by Gasteiger charge is -2.09. The van der Waals surface area contributed by atoms with Crippen LogP contribution in [0, 0.1) is 0 Å². The minimum Gasteiger partial charge on any atom is -0.364 e. The van der Waals surface area contributed by atoms with Gasteiger partial charge in [0.15, 0.2) is 11.5 Å². The Morgan fingerprint density at radius 3 is 2.48 bits per heavy atom. The van der Waals surface area contributed by atoms with Crippen LogP contribution in [0.4, 0.5) is 5.82 Å². The van der Waals surface area contributed by atoms with Gasteiger partial charge in [-0.15, -0.1) is 0 Å². The first-order chi connectivity index (χ1) is 13.4. The number of nitrogens with zero attached hydrogens (tertiary/aromatic N) is 3.